The summed E-state index contributed by atoms with van der Waals surface area (Å²) < 4.78 is 0. The standard InChI is InChI=1S/C15H24N2O2/c1-11-10-13(18)16-15(7-2-3-8-15)14(19)17(11)9-6-12-4-5-12/h11-12H,2-10H2,1H3,(H,16,18). The molecule has 2 amide bonds. The normalized spacial score (nSPS) is 30.6. The molecule has 0 radical (unpaired) electrons. The molecule has 3 rings (SSSR count). The summed E-state index contributed by atoms with van der Waals surface area (Å²) in [5, 5.41) is 3.04. The molecule has 1 unspecified atom stereocenters. The number of hydrogen-bond acceptors (Lipinski definition) is 2. The average Bonchev–Trinajstić information content (AvgIpc) is 3.07. The van der Waals surface area contributed by atoms with Crippen molar-refractivity contribution in [2.24, 2.45) is 5.92 Å². The molecule has 2 saturated carbocycles. The molecule has 1 heterocycles. The van der Waals surface area contributed by atoms with Gasteiger partial charge in [0, 0.05) is 19.0 Å². The number of nitrogens with one attached hydrogen (secondary N) is 1. The predicted octanol–water partition coefficient (Wildman–Crippen LogP) is 1.84. The molecule has 3 aliphatic rings. The van der Waals surface area contributed by atoms with E-state index in [1.165, 1.54) is 12.8 Å². The number of rotatable bonds is 3. The molecule has 0 aromatic carbocycles. The second kappa shape index (κ2) is 4.80. The molecule has 1 saturated heterocycles. The predicted molar refractivity (Wildman–Crippen MR) is 72.5 cm³/mol. The summed E-state index contributed by atoms with van der Waals surface area (Å²) in [7, 11) is 0. The molecule has 1 N–H and O–H groups in total. The maximum absolute atomic E-state index is 12.9. The lowest BCUT2D eigenvalue weighted by Crippen LogP contribution is -2.56. The topological polar surface area (TPSA) is 49.4 Å². The maximum atomic E-state index is 12.9. The molecule has 4 heteroatoms. The van der Waals surface area contributed by atoms with Gasteiger partial charge >= 0.3 is 0 Å². The zero-order chi connectivity index (χ0) is 13.5. The number of carbonyl (C=O) groups is 2. The summed E-state index contributed by atoms with van der Waals surface area (Å²) in [4.78, 5) is 26.9. The van der Waals surface area contributed by atoms with Gasteiger partial charge in [-0.25, -0.2) is 0 Å². The highest BCUT2D eigenvalue weighted by Gasteiger charge is 2.48. The van der Waals surface area contributed by atoms with Crippen LogP contribution >= 0.6 is 0 Å². The Morgan fingerprint density at radius 3 is 2.58 bits per heavy atom. The Bertz CT molecular complexity index is 384. The molecule has 0 aromatic rings. The molecule has 4 nitrogen and oxygen atoms in total. The first kappa shape index (κ1) is 12.9. The summed E-state index contributed by atoms with van der Waals surface area (Å²) in [6, 6.07) is 0.0474. The number of carbonyl (C=O) groups excluding carboxylic acids is 2. The van der Waals surface area contributed by atoms with E-state index < -0.39 is 5.54 Å². The molecule has 0 aromatic heterocycles. The summed E-state index contributed by atoms with van der Waals surface area (Å²) in [6.07, 6.45) is 7.96. The van der Waals surface area contributed by atoms with E-state index in [1.807, 2.05) is 11.8 Å². The van der Waals surface area contributed by atoms with E-state index in [0.717, 1.165) is 44.6 Å². The third-order valence-corrected chi connectivity index (χ3v) is 4.99. The van der Waals surface area contributed by atoms with E-state index in [4.69, 9.17) is 0 Å². The quantitative estimate of drug-likeness (QED) is 0.845. The SMILES string of the molecule is CC1CC(=O)NC2(CCCC2)C(=O)N1CCC1CC1. The summed E-state index contributed by atoms with van der Waals surface area (Å²) in [5.74, 6) is 1.06. The fourth-order valence-corrected chi connectivity index (χ4v) is 3.59. The van der Waals surface area contributed by atoms with Gasteiger partial charge in [-0.2, -0.15) is 0 Å². The van der Waals surface area contributed by atoms with Crippen LogP contribution in [0.3, 0.4) is 0 Å². The van der Waals surface area contributed by atoms with Crippen molar-refractivity contribution in [3.05, 3.63) is 0 Å². The minimum absolute atomic E-state index is 0.0474. The van der Waals surface area contributed by atoms with Crippen molar-refractivity contribution in [1.82, 2.24) is 10.2 Å². The number of amides is 2. The minimum Gasteiger partial charge on any atom is -0.342 e. The fourth-order valence-electron chi connectivity index (χ4n) is 3.59. The largest absolute Gasteiger partial charge is 0.342 e. The van der Waals surface area contributed by atoms with Crippen LogP contribution in [0.5, 0.6) is 0 Å². The van der Waals surface area contributed by atoms with E-state index in [2.05, 4.69) is 5.32 Å². The third kappa shape index (κ3) is 2.49. The lowest BCUT2D eigenvalue weighted by molar-refractivity contribution is -0.140. The summed E-state index contributed by atoms with van der Waals surface area (Å²) in [6.45, 7) is 2.85. The van der Waals surface area contributed by atoms with Gasteiger partial charge in [0.15, 0.2) is 0 Å². The molecule has 1 aliphatic heterocycles. The van der Waals surface area contributed by atoms with E-state index in [0.29, 0.717) is 6.42 Å². The maximum Gasteiger partial charge on any atom is 0.248 e. The van der Waals surface area contributed by atoms with Crippen molar-refractivity contribution in [2.75, 3.05) is 6.54 Å². The van der Waals surface area contributed by atoms with Crippen LogP contribution in [0, 0.1) is 5.92 Å². The van der Waals surface area contributed by atoms with Gasteiger partial charge in [-0.1, -0.05) is 25.7 Å². The Kier molecular flexibility index (Phi) is 3.27. The zero-order valence-corrected chi connectivity index (χ0v) is 11.8. The van der Waals surface area contributed by atoms with Crippen LogP contribution in [0.1, 0.15) is 58.3 Å². The Labute approximate surface area is 114 Å². The van der Waals surface area contributed by atoms with Crippen molar-refractivity contribution in [1.29, 1.82) is 0 Å². The molecule has 0 bridgehead atoms. The van der Waals surface area contributed by atoms with Crippen molar-refractivity contribution in [2.45, 2.75) is 69.9 Å². The number of nitrogens with zero attached hydrogens (tertiary/aromatic N) is 1. The average molecular weight is 264 g/mol. The second-order valence-electron chi connectivity index (χ2n) is 6.62. The third-order valence-electron chi connectivity index (χ3n) is 4.99. The first-order valence-corrected chi connectivity index (χ1v) is 7.73. The molecular weight excluding hydrogens is 240 g/mol. The molecule has 1 spiro atoms. The van der Waals surface area contributed by atoms with E-state index in [1.54, 1.807) is 0 Å². The summed E-state index contributed by atoms with van der Waals surface area (Å²) in [5.41, 5.74) is -0.564. The number of hydrogen-bond donors (Lipinski definition) is 1. The first-order chi connectivity index (χ1) is 9.11. The minimum atomic E-state index is -0.564. The second-order valence-corrected chi connectivity index (χ2v) is 6.62. The van der Waals surface area contributed by atoms with Crippen molar-refractivity contribution >= 4 is 11.8 Å². The Hall–Kier alpha value is -1.06. The lowest BCUT2D eigenvalue weighted by atomic mass is 9.95. The molecule has 1 atom stereocenters. The van der Waals surface area contributed by atoms with Gasteiger partial charge in [0.05, 0.1) is 0 Å². The molecule has 3 fully saturated rings. The van der Waals surface area contributed by atoms with Gasteiger partial charge in [-0.15, -0.1) is 0 Å². The molecule has 2 aliphatic carbocycles. The van der Waals surface area contributed by atoms with Crippen molar-refractivity contribution < 1.29 is 9.59 Å². The van der Waals surface area contributed by atoms with Gasteiger partial charge in [0.2, 0.25) is 11.8 Å². The Balaban J connectivity index is 1.78. The van der Waals surface area contributed by atoms with Gasteiger partial charge < -0.3 is 10.2 Å². The van der Waals surface area contributed by atoms with Crippen molar-refractivity contribution in [3.8, 4) is 0 Å². The smallest absolute Gasteiger partial charge is 0.248 e. The molecule has 106 valence electrons. The fraction of sp³-hybridized carbons (Fsp3) is 0.867. The van der Waals surface area contributed by atoms with E-state index in [-0.39, 0.29) is 17.9 Å². The molecule has 19 heavy (non-hydrogen) atoms. The summed E-state index contributed by atoms with van der Waals surface area (Å²) >= 11 is 0. The van der Waals surface area contributed by atoms with Crippen LogP contribution in [0.25, 0.3) is 0 Å². The van der Waals surface area contributed by atoms with Crippen LogP contribution in [-0.4, -0.2) is 34.8 Å². The highest BCUT2D eigenvalue weighted by molar-refractivity contribution is 5.94. The van der Waals surface area contributed by atoms with Gasteiger partial charge in [0.1, 0.15) is 5.54 Å². The highest BCUT2D eigenvalue weighted by Crippen LogP contribution is 2.36. The van der Waals surface area contributed by atoms with Gasteiger partial charge in [0.25, 0.3) is 0 Å². The van der Waals surface area contributed by atoms with Crippen LogP contribution in [-0.2, 0) is 9.59 Å². The highest BCUT2D eigenvalue weighted by atomic mass is 16.2. The van der Waals surface area contributed by atoms with E-state index >= 15 is 0 Å². The van der Waals surface area contributed by atoms with Gasteiger partial charge in [-0.05, 0) is 32.1 Å². The van der Waals surface area contributed by atoms with Crippen molar-refractivity contribution in [3.63, 3.8) is 0 Å². The monoisotopic (exact) mass is 264 g/mol. The lowest BCUT2D eigenvalue weighted by Gasteiger charge is -2.34. The van der Waals surface area contributed by atoms with Gasteiger partial charge in [-0.3, -0.25) is 9.59 Å². The van der Waals surface area contributed by atoms with E-state index in [9.17, 15) is 9.59 Å². The Morgan fingerprint density at radius 1 is 1.26 bits per heavy atom. The Morgan fingerprint density at radius 2 is 1.95 bits per heavy atom. The first-order valence-electron chi connectivity index (χ1n) is 7.73. The molecular formula is C15H24N2O2. The van der Waals surface area contributed by atoms with Crippen LogP contribution < -0.4 is 5.32 Å². The van der Waals surface area contributed by atoms with Crippen LogP contribution in [0.4, 0.5) is 0 Å². The van der Waals surface area contributed by atoms with Crippen LogP contribution in [0.15, 0.2) is 0 Å². The van der Waals surface area contributed by atoms with Crippen LogP contribution in [0.2, 0.25) is 0 Å². The zero-order valence-electron chi connectivity index (χ0n) is 11.8.